The molecule has 0 bridgehead atoms. The number of ether oxygens (including phenoxy) is 2. The molecule has 0 aromatic carbocycles. The van der Waals surface area contributed by atoms with Crippen molar-refractivity contribution in [1.29, 1.82) is 0 Å². The van der Waals surface area contributed by atoms with Gasteiger partial charge in [-0.15, -0.1) is 0 Å². The van der Waals surface area contributed by atoms with E-state index in [9.17, 15) is 9.36 Å². The van der Waals surface area contributed by atoms with Crippen molar-refractivity contribution in [2.45, 2.75) is 65.3 Å². The molecule has 2 aromatic rings. The number of rotatable bonds is 9. The Kier molecular flexibility index (Phi) is 7.81. The maximum absolute atomic E-state index is 15.8. The van der Waals surface area contributed by atoms with E-state index in [1.165, 1.54) is 24.5 Å². The van der Waals surface area contributed by atoms with Crippen molar-refractivity contribution in [3.8, 4) is 0 Å². The van der Waals surface area contributed by atoms with E-state index >= 15 is 4.39 Å². The Morgan fingerprint density at radius 1 is 1.46 bits per heavy atom. The summed E-state index contributed by atoms with van der Waals surface area (Å²) in [6, 6.07) is -0.889. The van der Waals surface area contributed by atoms with E-state index in [0.717, 1.165) is 0 Å². The molecule has 0 radical (unpaired) electrons. The first kappa shape index (κ1) is 26.9. The monoisotopic (exact) mass is 511 g/mol. The summed E-state index contributed by atoms with van der Waals surface area (Å²) in [7, 11) is -3.51. The van der Waals surface area contributed by atoms with Crippen LogP contribution in [-0.2, 0) is 23.4 Å². The van der Waals surface area contributed by atoms with Crippen LogP contribution < -0.4 is 10.8 Å². The predicted octanol–water partition coefficient (Wildman–Crippen LogP) is 2.65. The van der Waals surface area contributed by atoms with E-state index in [4.69, 9.17) is 26.3 Å². The molecule has 0 saturated carbocycles. The topological polar surface area (TPSA) is 148 Å². The number of anilines is 1. The van der Waals surface area contributed by atoms with E-state index in [2.05, 4.69) is 24.9 Å². The summed E-state index contributed by atoms with van der Waals surface area (Å²) in [5.41, 5.74) is 5.25. The number of nitrogens with zero attached hydrogens (tertiary/aromatic N) is 5. The van der Waals surface area contributed by atoms with Crippen molar-refractivity contribution in [2.75, 3.05) is 25.6 Å². The first-order valence-electron chi connectivity index (χ1n) is 11.1. The molecule has 6 atom stereocenters. The van der Waals surface area contributed by atoms with Crippen LogP contribution in [0, 0.1) is 18.9 Å². The van der Waals surface area contributed by atoms with Crippen LogP contribution in [0.2, 0.25) is 0 Å². The number of nitrogens with two attached hydrogens (primary N) is 1. The van der Waals surface area contributed by atoms with Gasteiger partial charge in [-0.1, -0.05) is 0 Å². The van der Waals surface area contributed by atoms with Crippen LogP contribution in [0.1, 0.15) is 39.7 Å². The molecule has 3 N–H and O–H groups in total. The van der Waals surface area contributed by atoms with Crippen LogP contribution in [0.15, 0.2) is 6.33 Å². The second kappa shape index (κ2) is 10.1. The van der Waals surface area contributed by atoms with Gasteiger partial charge in [0.25, 0.3) is 7.52 Å². The SMILES string of the molecule is [C-]#[N+]CC1(C)[C@@H](COP(C)(=O)N[C@@H](C)C(=O)OC(C)C)O[C@@H](n2cnc3c(N)nc(C)nc32)[C@@H]1F. The number of carbonyl (C=O) groups excluding carboxylic acids is 1. The lowest BCUT2D eigenvalue weighted by Crippen LogP contribution is -2.41. The Morgan fingerprint density at radius 3 is 2.77 bits per heavy atom. The Morgan fingerprint density at radius 2 is 2.14 bits per heavy atom. The average molecular weight is 511 g/mol. The second-order valence-corrected chi connectivity index (χ2v) is 11.4. The molecular formula is C21H31FN7O5P. The maximum atomic E-state index is 15.8. The summed E-state index contributed by atoms with van der Waals surface area (Å²) >= 11 is 0. The Balaban J connectivity index is 1.80. The Labute approximate surface area is 203 Å². The molecule has 12 nitrogen and oxygen atoms in total. The number of hydrogen-bond acceptors (Lipinski definition) is 9. The van der Waals surface area contributed by atoms with Gasteiger partial charge in [0.05, 0.1) is 25.1 Å². The quantitative estimate of drug-likeness (QED) is 0.292. The van der Waals surface area contributed by atoms with E-state index < -0.39 is 43.4 Å². The number of carbonyl (C=O) groups is 1. The van der Waals surface area contributed by atoms with E-state index in [1.54, 1.807) is 27.7 Å². The van der Waals surface area contributed by atoms with Gasteiger partial charge in [0, 0.05) is 6.66 Å². The van der Waals surface area contributed by atoms with Gasteiger partial charge in [0.2, 0.25) is 6.54 Å². The smallest absolute Gasteiger partial charge is 0.323 e. The molecule has 3 heterocycles. The van der Waals surface area contributed by atoms with Crippen LogP contribution in [0.3, 0.4) is 0 Å². The zero-order valence-electron chi connectivity index (χ0n) is 20.6. The van der Waals surface area contributed by atoms with Crippen molar-refractivity contribution in [3.63, 3.8) is 0 Å². The Bertz CT molecular complexity index is 1180. The minimum atomic E-state index is -3.51. The van der Waals surface area contributed by atoms with Crippen molar-refractivity contribution < 1.29 is 27.7 Å². The fraction of sp³-hybridized carbons (Fsp3) is 0.667. The molecule has 1 fully saturated rings. The molecule has 2 unspecified atom stereocenters. The molecule has 0 aliphatic carbocycles. The fourth-order valence-electron chi connectivity index (χ4n) is 3.92. The molecule has 14 heteroatoms. The second-order valence-electron chi connectivity index (χ2n) is 9.20. The maximum Gasteiger partial charge on any atom is 0.323 e. The van der Waals surface area contributed by atoms with Gasteiger partial charge in [-0.3, -0.25) is 13.9 Å². The largest absolute Gasteiger partial charge is 0.462 e. The van der Waals surface area contributed by atoms with Crippen LogP contribution >= 0.6 is 7.52 Å². The van der Waals surface area contributed by atoms with E-state index in [0.29, 0.717) is 17.0 Å². The molecule has 192 valence electrons. The highest BCUT2D eigenvalue weighted by Crippen LogP contribution is 2.49. The normalized spacial score (nSPS) is 27.0. The van der Waals surface area contributed by atoms with Gasteiger partial charge in [-0.2, -0.15) is 0 Å². The lowest BCUT2D eigenvalue weighted by atomic mass is 9.81. The Hall–Kier alpha value is -2.65. The van der Waals surface area contributed by atoms with E-state index in [-0.39, 0.29) is 25.1 Å². The highest BCUT2D eigenvalue weighted by molar-refractivity contribution is 7.56. The summed E-state index contributed by atoms with van der Waals surface area (Å²) in [5.74, 6) is -0.0308. The van der Waals surface area contributed by atoms with Crippen molar-refractivity contribution >= 4 is 30.5 Å². The lowest BCUT2D eigenvalue weighted by molar-refractivity contribution is -0.149. The van der Waals surface area contributed by atoms with Gasteiger partial charge in [0.15, 0.2) is 23.9 Å². The molecular weight excluding hydrogens is 480 g/mol. The number of imidazole rings is 1. The van der Waals surface area contributed by atoms with Crippen LogP contribution in [0.4, 0.5) is 10.2 Å². The number of nitrogen functional groups attached to an aromatic ring is 1. The van der Waals surface area contributed by atoms with Gasteiger partial charge < -0.3 is 24.6 Å². The highest BCUT2D eigenvalue weighted by atomic mass is 31.2. The number of alkyl halides is 1. The zero-order valence-corrected chi connectivity index (χ0v) is 21.5. The summed E-state index contributed by atoms with van der Waals surface area (Å²) in [5, 5.41) is 2.63. The van der Waals surface area contributed by atoms with Crippen LogP contribution in [0.25, 0.3) is 16.0 Å². The van der Waals surface area contributed by atoms with Gasteiger partial charge >= 0.3 is 5.97 Å². The standard InChI is InChI=1S/C21H31FN7O5P/c1-11(2)33-20(30)12(3)28-35(7,31)32-8-14-21(5,9-24-6)16(22)19(34-14)29-10-25-15-17(23)26-13(4)27-18(15)29/h10-12,14,16,19H,8-9H2,1-5,7H3,(H,28,31)(H2,23,26,27)/t12-,14+,16-,19+,21?,35?/m0/s1. The molecule has 3 rings (SSSR count). The number of aryl methyl sites for hydroxylation is 1. The molecule has 35 heavy (non-hydrogen) atoms. The number of aromatic nitrogens is 4. The molecule has 1 aliphatic heterocycles. The number of nitrogens with one attached hydrogen (secondary N) is 1. The summed E-state index contributed by atoms with van der Waals surface area (Å²) in [6.07, 6.45) is -2.70. The first-order valence-corrected chi connectivity index (χ1v) is 13.2. The number of esters is 1. The highest BCUT2D eigenvalue weighted by Gasteiger charge is 2.58. The van der Waals surface area contributed by atoms with Crippen molar-refractivity contribution in [2.24, 2.45) is 5.41 Å². The van der Waals surface area contributed by atoms with Crippen molar-refractivity contribution in [3.05, 3.63) is 23.6 Å². The van der Waals surface area contributed by atoms with Crippen LogP contribution in [-0.4, -0.2) is 69.7 Å². The molecule has 1 saturated heterocycles. The third kappa shape index (κ3) is 5.62. The zero-order chi connectivity index (χ0) is 26.1. The lowest BCUT2D eigenvalue weighted by Gasteiger charge is -2.27. The summed E-state index contributed by atoms with van der Waals surface area (Å²) < 4.78 is 46.9. The minimum absolute atomic E-state index is 0.159. The molecule has 2 aromatic heterocycles. The van der Waals surface area contributed by atoms with Gasteiger partial charge in [-0.05, 0) is 34.6 Å². The summed E-state index contributed by atoms with van der Waals surface area (Å²) in [6.45, 7) is 16.3. The number of hydrogen-bond donors (Lipinski definition) is 2. The third-order valence-electron chi connectivity index (χ3n) is 5.78. The van der Waals surface area contributed by atoms with Crippen LogP contribution in [0.5, 0.6) is 0 Å². The fourth-order valence-corrected chi connectivity index (χ4v) is 5.22. The third-order valence-corrected chi connectivity index (χ3v) is 7.28. The summed E-state index contributed by atoms with van der Waals surface area (Å²) in [4.78, 5) is 28.0. The molecule has 1 aliphatic rings. The number of fused-ring (bicyclic) bond motifs is 1. The predicted molar refractivity (Wildman–Crippen MR) is 126 cm³/mol. The number of halogens is 1. The average Bonchev–Trinajstić information content (AvgIpc) is 3.26. The molecule has 0 amide bonds. The first-order chi connectivity index (χ1) is 16.3. The van der Waals surface area contributed by atoms with Gasteiger partial charge in [-0.25, -0.2) is 31.0 Å². The molecule has 0 spiro atoms. The van der Waals surface area contributed by atoms with Gasteiger partial charge in [0.1, 0.15) is 22.8 Å². The minimum Gasteiger partial charge on any atom is -0.462 e. The van der Waals surface area contributed by atoms with E-state index in [1.807, 2.05) is 0 Å². The van der Waals surface area contributed by atoms with Crippen molar-refractivity contribution in [1.82, 2.24) is 24.6 Å².